The highest BCUT2D eigenvalue weighted by molar-refractivity contribution is 6.05. The zero-order chi connectivity index (χ0) is 30.3. The second kappa shape index (κ2) is 14.2. The molecule has 0 saturated carbocycles. The van der Waals surface area contributed by atoms with Crippen LogP contribution in [0.5, 0.6) is 5.75 Å². The molecule has 3 amide bonds. The highest BCUT2D eigenvalue weighted by atomic mass is 19.4. The number of fused-ring (bicyclic) bond motifs is 1. The fourth-order valence-corrected chi connectivity index (χ4v) is 5.93. The van der Waals surface area contributed by atoms with Crippen LogP contribution in [0.1, 0.15) is 79.4 Å². The SMILES string of the molecule is CCCN(CCCC(CC)Cc1cccc(COc2cccc3c2CN(C2CCC(=O)NC2=O)C3=O)c1)CC(F)(F)F. The van der Waals surface area contributed by atoms with Gasteiger partial charge in [-0.2, -0.15) is 13.2 Å². The van der Waals surface area contributed by atoms with Gasteiger partial charge < -0.3 is 9.64 Å². The van der Waals surface area contributed by atoms with Gasteiger partial charge >= 0.3 is 6.18 Å². The topological polar surface area (TPSA) is 79.0 Å². The van der Waals surface area contributed by atoms with E-state index in [9.17, 15) is 27.6 Å². The summed E-state index contributed by atoms with van der Waals surface area (Å²) < 4.78 is 44.8. The first-order chi connectivity index (χ1) is 20.1. The Bertz CT molecular complexity index is 1270. The molecule has 2 aliphatic heterocycles. The van der Waals surface area contributed by atoms with E-state index in [-0.39, 0.29) is 24.8 Å². The van der Waals surface area contributed by atoms with Gasteiger partial charge in [0, 0.05) is 17.5 Å². The van der Waals surface area contributed by atoms with Gasteiger partial charge in [0.05, 0.1) is 13.1 Å². The first-order valence-corrected chi connectivity index (χ1v) is 14.8. The zero-order valence-electron chi connectivity index (χ0n) is 24.3. The predicted octanol–water partition coefficient (Wildman–Crippen LogP) is 5.65. The summed E-state index contributed by atoms with van der Waals surface area (Å²) in [4.78, 5) is 40.0. The van der Waals surface area contributed by atoms with E-state index in [1.165, 1.54) is 9.80 Å². The van der Waals surface area contributed by atoms with Crippen LogP contribution in [0.4, 0.5) is 13.2 Å². The molecule has 0 spiro atoms. The third-order valence-corrected chi connectivity index (χ3v) is 8.06. The van der Waals surface area contributed by atoms with E-state index in [0.29, 0.717) is 49.8 Å². The molecule has 0 aromatic heterocycles. The summed E-state index contributed by atoms with van der Waals surface area (Å²) in [5.41, 5.74) is 3.37. The van der Waals surface area contributed by atoms with Gasteiger partial charge in [-0.1, -0.05) is 50.6 Å². The van der Waals surface area contributed by atoms with Crippen LogP contribution in [-0.2, 0) is 29.2 Å². The Balaban J connectivity index is 1.33. The lowest BCUT2D eigenvalue weighted by Gasteiger charge is -2.29. The molecule has 2 unspecified atom stereocenters. The Hall–Kier alpha value is -3.40. The van der Waals surface area contributed by atoms with Crippen molar-refractivity contribution in [1.29, 1.82) is 0 Å². The number of piperidine rings is 1. The molecule has 2 atom stereocenters. The maximum absolute atomic E-state index is 13.1. The van der Waals surface area contributed by atoms with E-state index in [4.69, 9.17) is 4.74 Å². The third-order valence-electron chi connectivity index (χ3n) is 8.06. The summed E-state index contributed by atoms with van der Waals surface area (Å²) >= 11 is 0. The van der Waals surface area contributed by atoms with Gasteiger partial charge in [-0.3, -0.25) is 24.6 Å². The van der Waals surface area contributed by atoms with E-state index >= 15 is 0 Å². The van der Waals surface area contributed by atoms with Gasteiger partial charge in [0.2, 0.25) is 11.8 Å². The number of rotatable bonds is 14. The Morgan fingerprint density at radius 1 is 1.07 bits per heavy atom. The lowest BCUT2D eigenvalue weighted by Crippen LogP contribution is -2.52. The van der Waals surface area contributed by atoms with E-state index in [2.05, 4.69) is 24.4 Å². The molecule has 42 heavy (non-hydrogen) atoms. The minimum atomic E-state index is -4.18. The van der Waals surface area contributed by atoms with Gasteiger partial charge in [-0.25, -0.2) is 0 Å². The van der Waals surface area contributed by atoms with E-state index < -0.39 is 24.7 Å². The van der Waals surface area contributed by atoms with Gasteiger partial charge in [-0.05, 0) is 74.4 Å². The van der Waals surface area contributed by atoms with E-state index in [1.807, 2.05) is 25.1 Å². The maximum atomic E-state index is 13.1. The van der Waals surface area contributed by atoms with Crippen molar-refractivity contribution < 1.29 is 32.3 Å². The fraction of sp³-hybridized carbons (Fsp3) is 0.531. The molecule has 0 bridgehead atoms. The molecule has 0 aliphatic carbocycles. The minimum Gasteiger partial charge on any atom is -0.489 e. The van der Waals surface area contributed by atoms with E-state index in [0.717, 1.165) is 42.4 Å². The summed E-state index contributed by atoms with van der Waals surface area (Å²) in [7, 11) is 0. The summed E-state index contributed by atoms with van der Waals surface area (Å²) in [5.74, 6) is -0.0536. The Labute approximate surface area is 245 Å². The van der Waals surface area contributed by atoms with Crippen LogP contribution in [0.3, 0.4) is 0 Å². The molecule has 1 fully saturated rings. The van der Waals surface area contributed by atoms with Crippen LogP contribution in [0, 0.1) is 5.92 Å². The molecule has 7 nitrogen and oxygen atoms in total. The molecule has 1 N–H and O–H groups in total. The van der Waals surface area contributed by atoms with Crippen LogP contribution in [0.25, 0.3) is 0 Å². The van der Waals surface area contributed by atoms with Crippen molar-refractivity contribution in [3.05, 3.63) is 64.7 Å². The number of alkyl halides is 3. The van der Waals surface area contributed by atoms with Crippen molar-refractivity contribution in [2.45, 2.75) is 84.2 Å². The Morgan fingerprint density at radius 2 is 1.83 bits per heavy atom. The van der Waals surface area contributed by atoms with Crippen LogP contribution in [-0.4, -0.2) is 59.4 Å². The molecule has 4 rings (SSSR count). The number of nitrogens with zero attached hydrogens (tertiary/aromatic N) is 2. The van der Waals surface area contributed by atoms with Gasteiger partial charge in [-0.15, -0.1) is 0 Å². The first-order valence-electron chi connectivity index (χ1n) is 14.8. The number of carbonyl (C=O) groups excluding carboxylic acids is 3. The number of hydrogen-bond donors (Lipinski definition) is 1. The lowest BCUT2D eigenvalue weighted by atomic mass is 9.92. The maximum Gasteiger partial charge on any atom is 0.401 e. The highest BCUT2D eigenvalue weighted by Gasteiger charge is 2.40. The van der Waals surface area contributed by atoms with Crippen molar-refractivity contribution >= 4 is 17.7 Å². The zero-order valence-corrected chi connectivity index (χ0v) is 24.3. The predicted molar refractivity (Wildman–Crippen MR) is 153 cm³/mol. The summed E-state index contributed by atoms with van der Waals surface area (Å²) in [6.45, 7) is 4.61. The molecule has 1 saturated heterocycles. The van der Waals surface area contributed by atoms with E-state index in [1.54, 1.807) is 12.1 Å². The standard InChI is InChI=1S/C32H40F3N3O4/c1-3-15-37(21-32(33,34)35)16-7-10-22(4-2)17-23-8-5-9-24(18-23)20-42-28-12-6-11-25-26(28)19-38(31(25)41)27-13-14-29(39)36-30(27)40/h5-6,8-9,11-12,18,22,27H,3-4,7,10,13-17,19-21H2,1-2H3,(H,36,39,40). The fourth-order valence-electron chi connectivity index (χ4n) is 5.93. The number of imide groups is 1. The second-order valence-corrected chi connectivity index (χ2v) is 11.3. The molecule has 2 heterocycles. The lowest BCUT2D eigenvalue weighted by molar-refractivity contribution is -0.146. The number of benzene rings is 2. The normalized spacial score (nSPS) is 17.9. The van der Waals surface area contributed by atoms with Crippen molar-refractivity contribution in [3.8, 4) is 5.75 Å². The second-order valence-electron chi connectivity index (χ2n) is 11.3. The van der Waals surface area contributed by atoms with Gasteiger partial charge in [0.1, 0.15) is 18.4 Å². The van der Waals surface area contributed by atoms with Crippen molar-refractivity contribution in [2.75, 3.05) is 19.6 Å². The monoisotopic (exact) mass is 587 g/mol. The third kappa shape index (κ3) is 8.33. The van der Waals surface area contributed by atoms with Crippen molar-refractivity contribution in [3.63, 3.8) is 0 Å². The van der Waals surface area contributed by atoms with Gasteiger partial charge in [0.25, 0.3) is 5.91 Å². The molecular formula is C32H40F3N3O4. The van der Waals surface area contributed by atoms with Crippen LogP contribution in [0.2, 0.25) is 0 Å². The number of carbonyl (C=O) groups is 3. The molecule has 228 valence electrons. The molecule has 0 radical (unpaired) electrons. The summed E-state index contributed by atoms with van der Waals surface area (Å²) in [6, 6.07) is 12.8. The molecule has 2 aliphatic rings. The molecule has 10 heteroatoms. The number of ether oxygens (including phenoxy) is 1. The molecular weight excluding hydrogens is 547 g/mol. The van der Waals surface area contributed by atoms with Crippen LogP contribution in [0.15, 0.2) is 42.5 Å². The number of amides is 3. The average Bonchev–Trinajstić information content (AvgIpc) is 3.27. The highest BCUT2D eigenvalue weighted by Crippen LogP contribution is 2.34. The summed E-state index contributed by atoms with van der Waals surface area (Å²) in [6.07, 6.45) is 0.400. The Morgan fingerprint density at radius 3 is 2.55 bits per heavy atom. The number of halogens is 3. The smallest absolute Gasteiger partial charge is 0.401 e. The minimum absolute atomic E-state index is 0.199. The quantitative estimate of drug-likeness (QED) is 0.289. The van der Waals surface area contributed by atoms with Crippen molar-refractivity contribution in [1.82, 2.24) is 15.1 Å². The van der Waals surface area contributed by atoms with Crippen LogP contribution < -0.4 is 10.1 Å². The number of hydrogen-bond acceptors (Lipinski definition) is 5. The average molecular weight is 588 g/mol. The Kier molecular flexibility index (Phi) is 10.6. The van der Waals surface area contributed by atoms with Gasteiger partial charge in [0.15, 0.2) is 0 Å². The van der Waals surface area contributed by atoms with Crippen molar-refractivity contribution in [2.24, 2.45) is 5.92 Å². The molecule has 2 aromatic rings. The number of nitrogens with one attached hydrogen (secondary N) is 1. The van der Waals surface area contributed by atoms with Crippen LogP contribution >= 0.6 is 0 Å². The first kappa shape index (κ1) is 31.5. The molecule has 2 aromatic carbocycles. The summed E-state index contributed by atoms with van der Waals surface area (Å²) in [5, 5.41) is 2.32. The largest absolute Gasteiger partial charge is 0.489 e.